The maximum Gasteiger partial charge on any atom is 0.255 e. The summed E-state index contributed by atoms with van der Waals surface area (Å²) >= 11 is 5.93. The van der Waals surface area contributed by atoms with Crippen molar-refractivity contribution in [1.29, 1.82) is 0 Å². The first-order chi connectivity index (χ1) is 17.5. The molecule has 1 aromatic heterocycles. The van der Waals surface area contributed by atoms with E-state index in [9.17, 15) is 9.59 Å². The highest BCUT2D eigenvalue weighted by Crippen LogP contribution is 2.25. The molecule has 0 aliphatic carbocycles. The van der Waals surface area contributed by atoms with E-state index in [1.165, 1.54) is 6.08 Å². The van der Waals surface area contributed by atoms with Gasteiger partial charge in [-0.3, -0.25) is 9.59 Å². The molecule has 0 unspecified atom stereocenters. The summed E-state index contributed by atoms with van der Waals surface area (Å²) in [5, 5.41) is 8.42. The summed E-state index contributed by atoms with van der Waals surface area (Å²) in [5.74, 6) is 0.700. The van der Waals surface area contributed by atoms with E-state index in [4.69, 9.17) is 16.0 Å². The van der Waals surface area contributed by atoms with Gasteiger partial charge in [0.05, 0.1) is 0 Å². The largest absolute Gasteiger partial charge is 0.457 e. The normalized spacial score (nSPS) is 11.0. The fraction of sp³-hybridized carbons (Fsp3) is 0. The number of halogens is 1. The Bertz CT molecular complexity index is 1560. The minimum absolute atomic E-state index is 0.224. The predicted octanol–water partition coefficient (Wildman–Crippen LogP) is 7.66. The number of rotatable bonds is 6. The van der Waals surface area contributed by atoms with Gasteiger partial charge < -0.3 is 15.1 Å². The molecule has 0 fully saturated rings. The summed E-state index contributed by atoms with van der Waals surface area (Å²) < 4.78 is 5.77. The smallest absolute Gasteiger partial charge is 0.255 e. The van der Waals surface area contributed by atoms with Crippen LogP contribution in [0.25, 0.3) is 28.2 Å². The monoisotopic (exact) mass is 492 g/mol. The lowest BCUT2D eigenvalue weighted by molar-refractivity contribution is -0.111. The van der Waals surface area contributed by atoms with Crippen molar-refractivity contribution in [2.45, 2.75) is 0 Å². The molecule has 2 N–H and O–H groups in total. The van der Waals surface area contributed by atoms with Crippen LogP contribution in [-0.2, 0) is 4.79 Å². The van der Waals surface area contributed by atoms with E-state index in [1.807, 2.05) is 60.7 Å². The van der Waals surface area contributed by atoms with Crippen LogP contribution in [0.2, 0.25) is 5.02 Å². The van der Waals surface area contributed by atoms with Crippen LogP contribution in [0.3, 0.4) is 0 Å². The maximum absolute atomic E-state index is 12.7. The second-order valence-corrected chi connectivity index (χ2v) is 8.53. The standard InChI is InChI=1S/C30H21ClN2O3/c31-23-12-8-21(9-13-23)28-18-16-25(36-28)17-19-29(34)32-24-14-10-22(11-15-24)30(35)33-27-7-3-5-20-4-1-2-6-26(20)27/h1-19H,(H,32,34)(H,33,35). The first-order valence-electron chi connectivity index (χ1n) is 11.3. The van der Waals surface area contributed by atoms with Crippen LogP contribution in [0.4, 0.5) is 11.4 Å². The van der Waals surface area contributed by atoms with E-state index < -0.39 is 0 Å². The summed E-state index contributed by atoms with van der Waals surface area (Å²) in [6, 6.07) is 31.3. The highest BCUT2D eigenvalue weighted by molar-refractivity contribution is 6.30. The van der Waals surface area contributed by atoms with Crippen LogP contribution in [0, 0.1) is 0 Å². The topological polar surface area (TPSA) is 71.3 Å². The molecule has 2 amide bonds. The van der Waals surface area contributed by atoms with Crippen molar-refractivity contribution < 1.29 is 14.0 Å². The van der Waals surface area contributed by atoms with Crippen molar-refractivity contribution in [2.75, 3.05) is 10.6 Å². The van der Waals surface area contributed by atoms with Gasteiger partial charge in [0.25, 0.3) is 5.91 Å². The molecule has 6 heteroatoms. The number of amides is 2. The molecule has 36 heavy (non-hydrogen) atoms. The first-order valence-corrected chi connectivity index (χ1v) is 11.7. The molecule has 176 valence electrons. The Morgan fingerprint density at radius 2 is 1.50 bits per heavy atom. The van der Waals surface area contributed by atoms with Gasteiger partial charge in [0, 0.05) is 39.0 Å². The van der Waals surface area contributed by atoms with E-state index in [-0.39, 0.29) is 11.8 Å². The van der Waals surface area contributed by atoms with Gasteiger partial charge in [-0.05, 0) is 78.2 Å². The Morgan fingerprint density at radius 3 is 2.31 bits per heavy atom. The molecule has 4 aromatic carbocycles. The van der Waals surface area contributed by atoms with Crippen LogP contribution in [0.5, 0.6) is 0 Å². The van der Waals surface area contributed by atoms with Gasteiger partial charge in [0.1, 0.15) is 11.5 Å². The second kappa shape index (κ2) is 10.3. The number of anilines is 2. The quantitative estimate of drug-likeness (QED) is 0.239. The zero-order valence-corrected chi connectivity index (χ0v) is 19.8. The second-order valence-electron chi connectivity index (χ2n) is 8.09. The van der Waals surface area contributed by atoms with Crippen LogP contribution in [0.15, 0.2) is 114 Å². The first kappa shape index (κ1) is 23.1. The molecule has 0 saturated heterocycles. The Morgan fingerprint density at radius 1 is 0.750 bits per heavy atom. The van der Waals surface area contributed by atoms with E-state index in [2.05, 4.69) is 10.6 Å². The van der Waals surface area contributed by atoms with Gasteiger partial charge in [-0.2, -0.15) is 0 Å². The number of carbonyl (C=O) groups excluding carboxylic acids is 2. The molecule has 0 aliphatic heterocycles. The van der Waals surface area contributed by atoms with E-state index in [0.29, 0.717) is 27.8 Å². The molecular formula is C30H21ClN2O3. The van der Waals surface area contributed by atoms with Crippen LogP contribution < -0.4 is 10.6 Å². The van der Waals surface area contributed by atoms with Crippen molar-refractivity contribution in [3.63, 3.8) is 0 Å². The molecule has 0 radical (unpaired) electrons. The average molecular weight is 493 g/mol. The van der Waals surface area contributed by atoms with E-state index >= 15 is 0 Å². The molecule has 5 nitrogen and oxygen atoms in total. The number of benzene rings is 4. The molecular weight excluding hydrogens is 472 g/mol. The summed E-state index contributed by atoms with van der Waals surface area (Å²) in [6.07, 6.45) is 2.99. The fourth-order valence-electron chi connectivity index (χ4n) is 3.79. The minimum atomic E-state index is -0.313. The number of carbonyl (C=O) groups is 2. The SMILES string of the molecule is O=C(C=Cc1ccc(-c2ccc(Cl)cc2)o1)Nc1ccc(C(=O)Nc2cccc3ccccc23)cc1. The average Bonchev–Trinajstić information content (AvgIpc) is 3.38. The van der Waals surface area contributed by atoms with Crippen molar-refractivity contribution in [2.24, 2.45) is 0 Å². The maximum atomic E-state index is 12.7. The number of nitrogens with one attached hydrogen (secondary N) is 2. The lowest BCUT2D eigenvalue weighted by atomic mass is 10.1. The van der Waals surface area contributed by atoms with Crippen molar-refractivity contribution in [1.82, 2.24) is 0 Å². The minimum Gasteiger partial charge on any atom is -0.457 e. The number of furan rings is 1. The third-order valence-corrected chi connectivity index (χ3v) is 5.86. The third kappa shape index (κ3) is 5.37. The predicted molar refractivity (Wildman–Crippen MR) is 145 cm³/mol. The third-order valence-electron chi connectivity index (χ3n) is 5.61. The van der Waals surface area contributed by atoms with Gasteiger partial charge in [0.15, 0.2) is 0 Å². The highest BCUT2D eigenvalue weighted by Gasteiger charge is 2.09. The molecule has 0 atom stereocenters. The fourth-order valence-corrected chi connectivity index (χ4v) is 3.91. The molecule has 5 rings (SSSR count). The zero-order valence-electron chi connectivity index (χ0n) is 19.1. The Labute approximate surface area is 213 Å². The summed E-state index contributed by atoms with van der Waals surface area (Å²) in [5.41, 5.74) is 2.71. The lowest BCUT2D eigenvalue weighted by Crippen LogP contribution is -2.12. The van der Waals surface area contributed by atoms with Crippen molar-refractivity contribution >= 4 is 51.6 Å². The van der Waals surface area contributed by atoms with Gasteiger partial charge in [-0.15, -0.1) is 0 Å². The number of hydrogen-bond donors (Lipinski definition) is 2. The Hall–Kier alpha value is -4.61. The van der Waals surface area contributed by atoms with Gasteiger partial charge in [-0.1, -0.05) is 48.0 Å². The molecule has 0 spiro atoms. The molecule has 0 bridgehead atoms. The lowest BCUT2D eigenvalue weighted by Gasteiger charge is -2.09. The molecule has 5 aromatic rings. The number of hydrogen-bond acceptors (Lipinski definition) is 3. The number of fused-ring (bicyclic) bond motifs is 1. The molecule has 0 aliphatic rings. The van der Waals surface area contributed by atoms with Crippen molar-refractivity contribution in [3.05, 3.63) is 126 Å². The van der Waals surface area contributed by atoms with Crippen molar-refractivity contribution in [3.8, 4) is 11.3 Å². The summed E-state index contributed by atoms with van der Waals surface area (Å²) in [4.78, 5) is 25.1. The Balaban J connectivity index is 1.19. The van der Waals surface area contributed by atoms with E-state index in [1.54, 1.807) is 48.5 Å². The van der Waals surface area contributed by atoms with Gasteiger partial charge >= 0.3 is 0 Å². The zero-order chi connectivity index (χ0) is 24.9. The highest BCUT2D eigenvalue weighted by atomic mass is 35.5. The summed E-state index contributed by atoms with van der Waals surface area (Å²) in [7, 11) is 0. The van der Waals surface area contributed by atoms with Gasteiger partial charge in [-0.25, -0.2) is 0 Å². The Kier molecular flexibility index (Phi) is 6.65. The van der Waals surface area contributed by atoms with Gasteiger partial charge in [0.2, 0.25) is 5.91 Å². The molecule has 0 saturated carbocycles. The summed E-state index contributed by atoms with van der Waals surface area (Å²) in [6.45, 7) is 0. The van der Waals surface area contributed by atoms with Crippen LogP contribution >= 0.6 is 11.6 Å². The molecule has 1 heterocycles. The van der Waals surface area contributed by atoms with Crippen LogP contribution in [0.1, 0.15) is 16.1 Å². The van der Waals surface area contributed by atoms with Crippen LogP contribution in [-0.4, -0.2) is 11.8 Å². The van der Waals surface area contributed by atoms with E-state index in [0.717, 1.165) is 22.0 Å².